The SMILES string of the molecule is C#CC#CC#CC#CC.CCCc1ccc(C)cc1. The third-order valence-electron chi connectivity index (χ3n) is 2.11. The molecule has 94 valence electrons. The molecule has 0 aliphatic heterocycles. The van der Waals surface area contributed by atoms with E-state index in [0.29, 0.717) is 0 Å². The number of rotatable bonds is 2. The predicted molar refractivity (Wildman–Crippen MR) is 83.0 cm³/mol. The maximum atomic E-state index is 4.82. The molecule has 0 heteroatoms. The van der Waals surface area contributed by atoms with Crippen LogP contribution in [-0.4, -0.2) is 0 Å². The Hall–Kier alpha value is -2.54. The Labute approximate surface area is 117 Å². The highest BCUT2D eigenvalue weighted by molar-refractivity contribution is 5.38. The molecule has 0 saturated carbocycles. The van der Waals surface area contributed by atoms with Gasteiger partial charge in [0, 0.05) is 0 Å². The summed E-state index contributed by atoms with van der Waals surface area (Å²) < 4.78 is 0. The van der Waals surface area contributed by atoms with Crippen LogP contribution in [0.25, 0.3) is 0 Å². The molecule has 19 heavy (non-hydrogen) atoms. The molecule has 0 amide bonds. The third kappa shape index (κ3) is 10.3. The van der Waals surface area contributed by atoms with Crippen molar-refractivity contribution in [3.8, 4) is 47.9 Å². The molecule has 1 aromatic carbocycles. The Bertz CT molecular complexity index is 576. The summed E-state index contributed by atoms with van der Waals surface area (Å²) in [4.78, 5) is 0. The van der Waals surface area contributed by atoms with E-state index < -0.39 is 0 Å². The summed E-state index contributed by atoms with van der Waals surface area (Å²) in [7, 11) is 0. The molecule has 0 radical (unpaired) electrons. The Morgan fingerprint density at radius 2 is 1.53 bits per heavy atom. The fraction of sp³-hybridized carbons (Fsp3) is 0.263. The van der Waals surface area contributed by atoms with E-state index in [1.54, 1.807) is 6.92 Å². The normalized spacial score (nSPS) is 6.84. The van der Waals surface area contributed by atoms with E-state index in [-0.39, 0.29) is 0 Å². The molecule has 0 nitrogen and oxygen atoms in total. The van der Waals surface area contributed by atoms with Crippen molar-refractivity contribution in [3.05, 3.63) is 35.4 Å². The van der Waals surface area contributed by atoms with Crippen molar-refractivity contribution >= 4 is 0 Å². The summed E-state index contributed by atoms with van der Waals surface area (Å²) in [6, 6.07) is 8.76. The summed E-state index contributed by atoms with van der Waals surface area (Å²) in [6.07, 6.45) is 7.26. The Morgan fingerprint density at radius 3 is 2.05 bits per heavy atom. The predicted octanol–water partition coefficient (Wildman–Crippen LogP) is 3.60. The largest absolute Gasteiger partial charge is 0.106 e. The van der Waals surface area contributed by atoms with Crippen LogP contribution in [0.4, 0.5) is 0 Å². The summed E-state index contributed by atoms with van der Waals surface area (Å²) in [5.41, 5.74) is 2.80. The standard InChI is InChI=1S/C10H14.C9H4/c1-3-4-10-7-5-9(2)6-8-10;1-3-5-7-9-8-6-4-2/h5-8H,3-4H2,1-2H3;1H,2H3. The van der Waals surface area contributed by atoms with Crippen molar-refractivity contribution < 1.29 is 0 Å². The molecular formula is C19H18. The lowest BCUT2D eigenvalue weighted by atomic mass is 10.1. The van der Waals surface area contributed by atoms with Crippen LogP contribution in [0.15, 0.2) is 24.3 Å². The van der Waals surface area contributed by atoms with Crippen LogP contribution >= 0.6 is 0 Å². The van der Waals surface area contributed by atoms with Gasteiger partial charge in [-0.05, 0) is 61.4 Å². The quantitative estimate of drug-likeness (QED) is 0.699. The molecule has 0 aromatic heterocycles. The van der Waals surface area contributed by atoms with Gasteiger partial charge in [0.1, 0.15) is 0 Å². The number of hydrogen-bond donors (Lipinski definition) is 0. The number of benzene rings is 1. The maximum Gasteiger partial charge on any atom is -0.0000348 e. The van der Waals surface area contributed by atoms with E-state index in [0.717, 1.165) is 0 Å². The summed E-state index contributed by atoms with van der Waals surface area (Å²) in [5.74, 6) is 17.0. The van der Waals surface area contributed by atoms with Crippen molar-refractivity contribution in [2.75, 3.05) is 0 Å². The van der Waals surface area contributed by atoms with E-state index in [1.807, 2.05) is 0 Å². The molecule has 1 aromatic rings. The van der Waals surface area contributed by atoms with Gasteiger partial charge in [-0.15, -0.1) is 6.42 Å². The second-order valence-corrected chi connectivity index (χ2v) is 3.75. The summed E-state index contributed by atoms with van der Waals surface area (Å²) in [6.45, 7) is 6.04. The van der Waals surface area contributed by atoms with Crippen LogP contribution in [0.2, 0.25) is 0 Å². The Balaban J connectivity index is 0.000000344. The zero-order valence-corrected chi connectivity index (χ0v) is 11.8. The first-order valence-electron chi connectivity index (χ1n) is 6.17. The van der Waals surface area contributed by atoms with Crippen LogP contribution in [0.3, 0.4) is 0 Å². The lowest BCUT2D eigenvalue weighted by Crippen LogP contribution is -1.81. The molecule has 0 saturated heterocycles. The van der Waals surface area contributed by atoms with Gasteiger partial charge in [-0.3, -0.25) is 0 Å². The molecule has 0 spiro atoms. The van der Waals surface area contributed by atoms with Gasteiger partial charge in [-0.2, -0.15) is 0 Å². The minimum atomic E-state index is 1.21. The molecule has 0 atom stereocenters. The topological polar surface area (TPSA) is 0 Å². The molecular weight excluding hydrogens is 228 g/mol. The van der Waals surface area contributed by atoms with E-state index in [9.17, 15) is 0 Å². The van der Waals surface area contributed by atoms with Gasteiger partial charge in [-0.1, -0.05) is 49.1 Å². The zero-order valence-electron chi connectivity index (χ0n) is 11.8. The van der Waals surface area contributed by atoms with Crippen molar-refractivity contribution in [3.63, 3.8) is 0 Å². The third-order valence-corrected chi connectivity index (χ3v) is 2.11. The number of terminal acetylenes is 1. The molecule has 0 unspecified atom stereocenters. The minimum Gasteiger partial charge on any atom is -0.106 e. The monoisotopic (exact) mass is 246 g/mol. The number of hydrogen-bond acceptors (Lipinski definition) is 0. The van der Waals surface area contributed by atoms with Crippen molar-refractivity contribution in [1.29, 1.82) is 0 Å². The molecule has 0 fully saturated rings. The summed E-state index contributed by atoms with van der Waals surface area (Å²) >= 11 is 0. The maximum absolute atomic E-state index is 4.82. The second kappa shape index (κ2) is 11.9. The van der Waals surface area contributed by atoms with Crippen LogP contribution in [-0.2, 0) is 6.42 Å². The first-order valence-corrected chi connectivity index (χ1v) is 6.17. The molecule has 1 rings (SSSR count). The summed E-state index contributed by atoms with van der Waals surface area (Å²) in [5, 5.41) is 0. The smallest absolute Gasteiger partial charge is 0.0000348 e. The second-order valence-electron chi connectivity index (χ2n) is 3.75. The van der Waals surface area contributed by atoms with E-state index in [4.69, 9.17) is 6.42 Å². The van der Waals surface area contributed by atoms with Crippen molar-refractivity contribution in [2.24, 2.45) is 0 Å². The van der Waals surface area contributed by atoms with E-state index in [2.05, 4.69) is 79.6 Å². The highest BCUT2D eigenvalue weighted by Crippen LogP contribution is 2.04. The van der Waals surface area contributed by atoms with Gasteiger partial charge in [0.15, 0.2) is 0 Å². The molecule has 0 N–H and O–H groups in total. The van der Waals surface area contributed by atoms with Crippen molar-refractivity contribution in [2.45, 2.75) is 33.6 Å². The highest BCUT2D eigenvalue weighted by atomic mass is 13.9. The minimum absolute atomic E-state index is 1.21. The van der Waals surface area contributed by atoms with E-state index in [1.165, 1.54) is 24.0 Å². The first-order chi connectivity index (χ1) is 9.24. The number of aryl methyl sites for hydroxylation is 2. The van der Waals surface area contributed by atoms with Gasteiger partial charge in [0.25, 0.3) is 0 Å². The lowest BCUT2D eigenvalue weighted by molar-refractivity contribution is 0.921. The molecule has 0 heterocycles. The zero-order chi connectivity index (χ0) is 14.3. The van der Waals surface area contributed by atoms with Crippen molar-refractivity contribution in [1.82, 2.24) is 0 Å². The Morgan fingerprint density at radius 1 is 0.947 bits per heavy atom. The molecule has 0 aliphatic carbocycles. The highest BCUT2D eigenvalue weighted by Gasteiger charge is 1.88. The van der Waals surface area contributed by atoms with Crippen LogP contribution in [0.5, 0.6) is 0 Å². The van der Waals surface area contributed by atoms with Gasteiger partial charge < -0.3 is 0 Å². The van der Waals surface area contributed by atoms with Crippen LogP contribution < -0.4 is 0 Å². The fourth-order valence-electron chi connectivity index (χ4n) is 1.24. The Kier molecular flexibility index (Phi) is 10.3. The van der Waals surface area contributed by atoms with Gasteiger partial charge in [0.2, 0.25) is 0 Å². The van der Waals surface area contributed by atoms with Crippen LogP contribution in [0.1, 0.15) is 31.4 Å². The first kappa shape index (κ1) is 16.5. The van der Waals surface area contributed by atoms with Gasteiger partial charge in [-0.25, -0.2) is 0 Å². The van der Waals surface area contributed by atoms with Gasteiger partial charge in [0.05, 0.1) is 0 Å². The van der Waals surface area contributed by atoms with E-state index >= 15 is 0 Å². The van der Waals surface area contributed by atoms with Crippen LogP contribution in [0, 0.1) is 54.8 Å². The fourth-order valence-corrected chi connectivity index (χ4v) is 1.24. The average molecular weight is 246 g/mol. The molecule has 0 bridgehead atoms. The van der Waals surface area contributed by atoms with Gasteiger partial charge >= 0.3 is 0 Å². The molecule has 0 aliphatic rings. The average Bonchev–Trinajstić information content (AvgIpc) is 2.42. The lowest BCUT2D eigenvalue weighted by Gasteiger charge is -1.97.